The van der Waals surface area contributed by atoms with Crippen molar-refractivity contribution in [3.63, 3.8) is 0 Å². The quantitative estimate of drug-likeness (QED) is 0.707. The number of para-hydroxylation sites is 1. The first-order chi connectivity index (χ1) is 12.6. The number of hydrogen-bond acceptors (Lipinski definition) is 2. The normalized spacial score (nSPS) is 15.0. The molecular formula is C22H24N2O2. The van der Waals surface area contributed by atoms with E-state index in [0.29, 0.717) is 6.54 Å². The van der Waals surface area contributed by atoms with Gasteiger partial charge >= 0.3 is 0 Å². The maximum atomic E-state index is 12.2. The largest absolute Gasteiger partial charge is 0.484 e. The highest BCUT2D eigenvalue weighted by Gasteiger charge is 2.46. The van der Waals surface area contributed by atoms with Gasteiger partial charge in [-0.25, -0.2) is 0 Å². The van der Waals surface area contributed by atoms with Crippen molar-refractivity contribution in [2.45, 2.75) is 32.1 Å². The van der Waals surface area contributed by atoms with Crippen molar-refractivity contribution >= 4 is 16.8 Å². The first-order valence-corrected chi connectivity index (χ1v) is 9.11. The third-order valence-electron chi connectivity index (χ3n) is 5.29. The highest BCUT2D eigenvalue weighted by molar-refractivity contribution is 5.86. The van der Waals surface area contributed by atoms with Crippen molar-refractivity contribution in [1.82, 2.24) is 10.3 Å². The van der Waals surface area contributed by atoms with E-state index in [2.05, 4.69) is 35.4 Å². The topological polar surface area (TPSA) is 54.1 Å². The number of fused-ring (bicyclic) bond motifs is 1. The molecule has 0 unspecified atom stereocenters. The number of aryl methyl sites for hydroxylation is 2. The predicted molar refractivity (Wildman–Crippen MR) is 104 cm³/mol. The van der Waals surface area contributed by atoms with Crippen LogP contribution in [0, 0.1) is 13.8 Å². The fourth-order valence-electron chi connectivity index (χ4n) is 3.73. The molecule has 26 heavy (non-hydrogen) atoms. The number of aromatic amines is 1. The Morgan fingerprint density at radius 2 is 1.85 bits per heavy atom. The van der Waals surface area contributed by atoms with Gasteiger partial charge < -0.3 is 15.0 Å². The van der Waals surface area contributed by atoms with Crippen LogP contribution >= 0.6 is 0 Å². The fraction of sp³-hybridized carbons (Fsp3) is 0.318. The molecule has 1 aliphatic carbocycles. The van der Waals surface area contributed by atoms with E-state index >= 15 is 0 Å². The summed E-state index contributed by atoms with van der Waals surface area (Å²) in [4.78, 5) is 15.7. The Hall–Kier alpha value is -2.75. The first-order valence-electron chi connectivity index (χ1n) is 9.11. The van der Waals surface area contributed by atoms with E-state index in [4.69, 9.17) is 4.74 Å². The van der Waals surface area contributed by atoms with E-state index in [1.165, 1.54) is 27.7 Å². The van der Waals surface area contributed by atoms with Gasteiger partial charge in [-0.05, 0) is 50.5 Å². The average Bonchev–Trinajstić information content (AvgIpc) is 3.34. The summed E-state index contributed by atoms with van der Waals surface area (Å²) in [7, 11) is 0. The van der Waals surface area contributed by atoms with Crippen LogP contribution in [0.1, 0.15) is 29.7 Å². The number of H-pyrrole nitrogens is 1. The molecule has 1 fully saturated rings. The van der Waals surface area contributed by atoms with Gasteiger partial charge in [-0.15, -0.1) is 0 Å². The lowest BCUT2D eigenvalue weighted by Crippen LogP contribution is -2.35. The summed E-state index contributed by atoms with van der Waals surface area (Å²) in [5.41, 5.74) is 4.96. The van der Waals surface area contributed by atoms with Crippen LogP contribution in [0.2, 0.25) is 0 Å². The molecule has 1 amide bonds. The zero-order chi connectivity index (χ0) is 18.1. The van der Waals surface area contributed by atoms with E-state index in [9.17, 15) is 4.79 Å². The molecule has 1 aromatic heterocycles. The molecule has 4 rings (SSSR count). The van der Waals surface area contributed by atoms with Gasteiger partial charge in [-0.3, -0.25) is 4.79 Å². The lowest BCUT2D eigenvalue weighted by Gasteiger charge is -2.17. The molecule has 0 bridgehead atoms. The number of nitrogens with one attached hydrogen (secondary N) is 2. The Morgan fingerprint density at radius 1 is 1.12 bits per heavy atom. The predicted octanol–water partition coefficient (Wildman–Crippen LogP) is 4.01. The van der Waals surface area contributed by atoms with E-state index in [1.807, 2.05) is 37.3 Å². The number of ether oxygens (including phenoxy) is 1. The van der Waals surface area contributed by atoms with Gasteiger partial charge in [0.15, 0.2) is 6.61 Å². The molecule has 1 saturated carbocycles. The van der Waals surface area contributed by atoms with E-state index in [-0.39, 0.29) is 17.9 Å². The SMILES string of the molecule is Cc1ccc(OCC(=O)NCC2(c3c(C)[nH]c4ccccc34)CC2)cc1. The maximum absolute atomic E-state index is 12.2. The lowest BCUT2D eigenvalue weighted by atomic mass is 9.93. The Bertz CT molecular complexity index is 936. The minimum absolute atomic E-state index is 0.0476. The lowest BCUT2D eigenvalue weighted by molar-refractivity contribution is -0.123. The summed E-state index contributed by atoms with van der Waals surface area (Å²) in [5.74, 6) is 0.647. The number of benzene rings is 2. The van der Waals surface area contributed by atoms with E-state index in [1.54, 1.807) is 0 Å². The van der Waals surface area contributed by atoms with Gasteiger partial charge in [0.25, 0.3) is 5.91 Å². The third kappa shape index (κ3) is 3.19. The highest BCUT2D eigenvalue weighted by atomic mass is 16.5. The van der Waals surface area contributed by atoms with Gasteiger partial charge in [0, 0.05) is 28.6 Å². The fourth-order valence-corrected chi connectivity index (χ4v) is 3.73. The van der Waals surface area contributed by atoms with Crippen LogP contribution in [-0.2, 0) is 10.2 Å². The number of hydrogen-bond donors (Lipinski definition) is 2. The van der Waals surface area contributed by atoms with Crippen molar-refractivity contribution in [3.05, 3.63) is 65.4 Å². The number of amides is 1. The first kappa shape index (κ1) is 16.7. The van der Waals surface area contributed by atoms with Gasteiger partial charge in [-0.2, -0.15) is 0 Å². The highest BCUT2D eigenvalue weighted by Crippen LogP contribution is 2.51. The van der Waals surface area contributed by atoms with Gasteiger partial charge in [0.1, 0.15) is 5.75 Å². The van der Waals surface area contributed by atoms with Crippen LogP contribution in [0.25, 0.3) is 10.9 Å². The van der Waals surface area contributed by atoms with Crippen molar-refractivity contribution in [1.29, 1.82) is 0 Å². The number of carbonyl (C=O) groups is 1. The third-order valence-corrected chi connectivity index (χ3v) is 5.29. The maximum Gasteiger partial charge on any atom is 0.257 e. The molecule has 0 radical (unpaired) electrons. The summed E-state index contributed by atoms with van der Waals surface area (Å²) in [6.45, 7) is 4.85. The Balaban J connectivity index is 1.40. The van der Waals surface area contributed by atoms with Crippen LogP contribution in [0.5, 0.6) is 5.75 Å². The summed E-state index contributed by atoms with van der Waals surface area (Å²) in [6, 6.07) is 16.1. The van der Waals surface area contributed by atoms with Crippen LogP contribution in [-0.4, -0.2) is 24.0 Å². The average molecular weight is 348 g/mol. The van der Waals surface area contributed by atoms with Crippen LogP contribution in [0.3, 0.4) is 0 Å². The molecule has 0 atom stereocenters. The minimum Gasteiger partial charge on any atom is -0.484 e. The summed E-state index contributed by atoms with van der Waals surface area (Å²) >= 11 is 0. The Labute approximate surface area is 153 Å². The summed E-state index contributed by atoms with van der Waals surface area (Å²) < 4.78 is 5.57. The molecular weight excluding hydrogens is 324 g/mol. The Morgan fingerprint density at radius 3 is 2.58 bits per heavy atom. The van der Waals surface area contributed by atoms with E-state index < -0.39 is 0 Å². The molecule has 4 nitrogen and oxygen atoms in total. The van der Waals surface area contributed by atoms with Crippen molar-refractivity contribution < 1.29 is 9.53 Å². The standard InChI is InChI=1S/C22H24N2O2/c1-15-7-9-17(10-8-15)26-13-20(25)23-14-22(11-12-22)21-16(2)24-19-6-4-3-5-18(19)21/h3-10,24H,11-14H2,1-2H3,(H,23,25). The molecule has 0 aliphatic heterocycles. The van der Waals surface area contributed by atoms with E-state index in [0.717, 1.165) is 18.6 Å². The van der Waals surface area contributed by atoms with Crippen LogP contribution in [0.4, 0.5) is 0 Å². The van der Waals surface area contributed by atoms with Crippen LogP contribution in [0.15, 0.2) is 48.5 Å². The Kier molecular flexibility index (Phi) is 4.19. The molecule has 2 N–H and O–H groups in total. The molecule has 2 aromatic carbocycles. The molecule has 3 aromatic rings. The second-order valence-corrected chi connectivity index (χ2v) is 7.33. The molecule has 0 spiro atoms. The zero-order valence-electron chi connectivity index (χ0n) is 15.3. The molecule has 1 aliphatic rings. The van der Waals surface area contributed by atoms with Crippen LogP contribution < -0.4 is 10.1 Å². The zero-order valence-corrected chi connectivity index (χ0v) is 15.3. The summed E-state index contributed by atoms with van der Waals surface area (Å²) in [6.07, 6.45) is 2.21. The molecule has 4 heteroatoms. The second kappa shape index (κ2) is 6.52. The van der Waals surface area contributed by atoms with Gasteiger partial charge in [0.2, 0.25) is 0 Å². The number of rotatable bonds is 6. The van der Waals surface area contributed by atoms with Gasteiger partial charge in [-0.1, -0.05) is 35.9 Å². The van der Waals surface area contributed by atoms with Crippen molar-refractivity contribution in [2.75, 3.05) is 13.2 Å². The monoisotopic (exact) mass is 348 g/mol. The smallest absolute Gasteiger partial charge is 0.257 e. The van der Waals surface area contributed by atoms with Crippen molar-refractivity contribution in [2.24, 2.45) is 0 Å². The minimum atomic E-state index is -0.0747. The molecule has 0 saturated heterocycles. The summed E-state index contributed by atoms with van der Waals surface area (Å²) in [5, 5.41) is 4.34. The second-order valence-electron chi connectivity index (χ2n) is 7.33. The van der Waals surface area contributed by atoms with Gasteiger partial charge in [0.05, 0.1) is 0 Å². The molecule has 1 heterocycles. The number of aromatic nitrogens is 1. The number of carbonyl (C=O) groups excluding carboxylic acids is 1. The van der Waals surface area contributed by atoms with Crippen molar-refractivity contribution in [3.8, 4) is 5.75 Å². The molecule has 134 valence electrons.